The Labute approximate surface area is 167 Å². The van der Waals surface area contributed by atoms with Gasteiger partial charge in [-0.2, -0.15) is 0 Å². The molecule has 2 amide bonds. The summed E-state index contributed by atoms with van der Waals surface area (Å²) in [7, 11) is 1.82. The van der Waals surface area contributed by atoms with E-state index in [0.29, 0.717) is 16.4 Å². The van der Waals surface area contributed by atoms with E-state index < -0.39 is 0 Å². The molecule has 2 N–H and O–H groups in total. The molecule has 2 aromatic carbocycles. The van der Waals surface area contributed by atoms with Crippen molar-refractivity contribution in [1.29, 1.82) is 0 Å². The highest BCUT2D eigenvalue weighted by Crippen LogP contribution is 2.18. The number of nitrogens with one attached hydrogen (secondary N) is 2. The topological polar surface area (TPSA) is 88.9 Å². The number of para-hydroxylation sites is 1. The molecule has 0 saturated heterocycles. The largest absolute Gasteiger partial charge is 0.325 e. The maximum atomic E-state index is 12.5. The van der Waals surface area contributed by atoms with Crippen LogP contribution < -0.4 is 10.6 Å². The molecule has 0 saturated carbocycles. The van der Waals surface area contributed by atoms with Crippen LogP contribution >= 0.6 is 11.8 Å². The van der Waals surface area contributed by atoms with Crippen molar-refractivity contribution in [2.45, 2.75) is 18.5 Å². The molecular formula is C20H21N5O2S. The highest BCUT2D eigenvalue weighted by molar-refractivity contribution is 7.99. The van der Waals surface area contributed by atoms with Crippen molar-refractivity contribution in [3.8, 4) is 0 Å². The lowest BCUT2D eigenvalue weighted by molar-refractivity contribution is -0.113. The van der Waals surface area contributed by atoms with Crippen molar-refractivity contribution in [2.75, 3.05) is 16.4 Å². The molecule has 0 unspecified atom stereocenters. The van der Waals surface area contributed by atoms with Gasteiger partial charge in [0.15, 0.2) is 5.16 Å². The Morgan fingerprint density at radius 2 is 1.82 bits per heavy atom. The third-order valence-electron chi connectivity index (χ3n) is 4.08. The number of rotatable bonds is 7. The fourth-order valence-electron chi connectivity index (χ4n) is 2.58. The summed E-state index contributed by atoms with van der Waals surface area (Å²) in [6.45, 7) is 2.05. The molecule has 0 fully saturated rings. The lowest BCUT2D eigenvalue weighted by atomic mass is 10.1. The Kier molecular flexibility index (Phi) is 6.44. The van der Waals surface area contributed by atoms with E-state index in [1.807, 2.05) is 38.2 Å². The summed E-state index contributed by atoms with van der Waals surface area (Å²) < 4.78 is 1.75. The number of amides is 2. The van der Waals surface area contributed by atoms with Crippen LogP contribution in [0.2, 0.25) is 0 Å². The first-order valence-corrected chi connectivity index (χ1v) is 9.81. The van der Waals surface area contributed by atoms with E-state index in [9.17, 15) is 9.59 Å². The SMILES string of the molecule is CCc1ccccc1NC(=O)c1ccc(NC(=O)CSc2nncn2C)cc1. The van der Waals surface area contributed by atoms with Gasteiger partial charge in [-0.15, -0.1) is 10.2 Å². The summed E-state index contributed by atoms with van der Waals surface area (Å²) in [4.78, 5) is 24.5. The average molecular weight is 395 g/mol. The highest BCUT2D eigenvalue weighted by atomic mass is 32.2. The van der Waals surface area contributed by atoms with Crippen molar-refractivity contribution < 1.29 is 9.59 Å². The third-order valence-corrected chi connectivity index (χ3v) is 5.11. The number of nitrogens with zero attached hydrogens (tertiary/aromatic N) is 3. The zero-order chi connectivity index (χ0) is 19.9. The summed E-state index contributed by atoms with van der Waals surface area (Å²) in [5.41, 5.74) is 3.06. The van der Waals surface area contributed by atoms with Gasteiger partial charge in [-0.1, -0.05) is 36.9 Å². The molecule has 1 heterocycles. The lowest BCUT2D eigenvalue weighted by Gasteiger charge is -2.10. The first kappa shape index (κ1) is 19.6. The summed E-state index contributed by atoms with van der Waals surface area (Å²) in [6.07, 6.45) is 2.43. The number of thioether (sulfide) groups is 1. The van der Waals surface area contributed by atoms with Crippen LogP contribution in [0.4, 0.5) is 11.4 Å². The molecule has 8 heteroatoms. The minimum atomic E-state index is -0.184. The van der Waals surface area contributed by atoms with Gasteiger partial charge in [0.1, 0.15) is 6.33 Å². The van der Waals surface area contributed by atoms with Crippen molar-refractivity contribution >= 4 is 35.0 Å². The number of anilines is 2. The number of hydrogen-bond donors (Lipinski definition) is 2. The van der Waals surface area contributed by atoms with Gasteiger partial charge in [0.05, 0.1) is 5.75 Å². The van der Waals surface area contributed by atoms with E-state index in [1.54, 1.807) is 35.2 Å². The first-order chi connectivity index (χ1) is 13.6. The molecule has 28 heavy (non-hydrogen) atoms. The van der Waals surface area contributed by atoms with E-state index in [4.69, 9.17) is 0 Å². The van der Waals surface area contributed by atoms with Crippen molar-refractivity contribution in [2.24, 2.45) is 7.05 Å². The van der Waals surface area contributed by atoms with Crippen LogP contribution in [0, 0.1) is 0 Å². The maximum Gasteiger partial charge on any atom is 0.255 e. The van der Waals surface area contributed by atoms with Crippen molar-refractivity contribution in [1.82, 2.24) is 14.8 Å². The van der Waals surface area contributed by atoms with Crippen LogP contribution in [0.1, 0.15) is 22.8 Å². The molecular weight excluding hydrogens is 374 g/mol. The molecule has 0 aliphatic carbocycles. The normalized spacial score (nSPS) is 10.5. The second-order valence-electron chi connectivity index (χ2n) is 6.10. The van der Waals surface area contributed by atoms with Crippen LogP contribution in [-0.2, 0) is 18.3 Å². The van der Waals surface area contributed by atoms with Gasteiger partial charge < -0.3 is 15.2 Å². The van der Waals surface area contributed by atoms with Crippen molar-refractivity contribution in [3.63, 3.8) is 0 Å². The minimum absolute atomic E-state index is 0.151. The third kappa shape index (κ3) is 4.98. The number of aromatic nitrogens is 3. The standard InChI is InChI=1S/C20H21N5O2S/c1-3-14-6-4-5-7-17(14)23-19(27)15-8-10-16(11-9-15)22-18(26)12-28-20-24-21-13-25(20)2/h4-11,13H,3,12H2,1-2H3,(H,22,26)(H,23,27). The lowest BCUT2D eigenvalue weighted by Crippen LogP contribution is -2.15. The molecule has 0 aliphatic heterocycles. The predicted octanol–water partition coefficient (Wildman–Crippen LogP) is 3.36. The Hall–Kier alpha value is -3.13. The molecule has 3 aromatic rings. The first-order valence-electron chi connectivity index (χ1n) is 8.82. The fraction of sp³-hybridized carbons (Fsp3) is 0.200. The molecule has 1 aromatic heterocycles. The number of benzene rings is 2. The zero-order valence-electron chi connectivity index (χ0n) is 15.7. The second-order valence-corrected chi connectivity index (χ2v) is 7.05. The molecule has 0 bridgehead atoms. The smallest absolute Gasteiger partial charge is 0.255 e. The number of hydrogen-bond acceptors (Lipinski definition) is 5. The van der Waals surface area contributed by atoms with Crippen LogP contribution in [0.5, 0.6) is 0 Å². The summed E-state index contributed by atoms with van der Waals surface area (Å²) in [5, 5.41) is 14.1. The van der Waals surface area contributed by atoms with Gasteiger partial charge in [-0.25, -0.2) is 0 Å². The van der Waals surface area contributed by atoms with Crippen LogP contribution in [-0.4, -0.2) is 32.3 Å². The Balaban J connectivity index is 1.56. The molecule has 3 rings (SSSR count). The number of aryl methyl sites for hydroxylation is 2. The second kappa shape index (κ2) is 9.18. The van der Waals surface area contributed by atoms with Gasteiger partial charge in [0, 0.05) is 24.0 Å². The number of carbonyl (C=O) groups is 2. The monoisotopic (exact) mass is 395 g/mol. The highest BCUT2D eigenvalue weighted by Gasteiger charge is 2.10. The maximum absolute atomic E-state index is 12.5. The van der Waals surface area contributed by atoms with E-state index in [1.165, 1.54) is 11.8 Å². The molecule has 144 valence electrons. The Bertz CT molecular complexity index is 969. The molecule has 0 radical (unpaired) electrons. The Morgan fingerprint density at radius 3 is 2.50 bits per heavy atom. The van der Waals surface area contributed by atoms with E-state index in [-0.39, 0.29) is 17.6 Å². The van der Waals surface area contributed by atoms with Gasteiger partial charge in [0.2, 0.25) is 5.91 Å². The Morgan fingerprint density at radius 1 is 1.07 bits per heavy atom. The van der Waals surface area contributed by atoms with Crippen LogP contribution in [0.3, 0.4) is 0 Å². The molecule has 0 atom stereocenters. The quantitative estimate of drug-likeness (QED) is 0.599. The number of carbonyl (C=O) groups excluding carboxylic acids is 2. The molecule has 7 nitrogen and oxygen atoms in total. The van der Waals surface area contributed by atoms with Gasteiger partial charge in [-0.05, 0) is 42.3 Å². The predicted molar refractivity (Wildman–Crippen MR) is 111 cm³/mol. The average Bonchev–Trinajstić information content (AvgIpc) is 3.12. The van der Waals surface area contributed by atoms with Gasteiger partial charge in [-0.3, -0.25) is 9.59 Å². The molecule has 0 spiro atoms. The van der Waals surface area contributed by atoms with Crippen molar-refractivity contribution in [3.05, 3.63) is 66.0 Å². The summed E-state index contributed by atoms with van der Waals surface area (Å²) in [6, 6.07) is 14.5. The van der Waals surface area contributed by atoms with E-state index in [0.717, 1.165) is 17.7 Å². The van der Waals surface area contributed by atoms with Crippen LogP contribution in [0.15, 0.2) is 60.0 Å². The van der Waals surface area contributed by atoms with E-state index in [2.05, 4.69) is 20.8 Å². The zero-order valence-corrected chi connectivity index (χ0v) is 16.5. The fourth-order valence-corrected chi connectivity index (χ4v) is 3.27. The van der Waals surface area contributed by atoms with Gasteiger partial charge >= 0.3 is 0 Å². The van der Waals surface area contributed by atoms with Gasteiger partial charge in [0.25, 0.3) is 5.91 Å². The molecule has 0 aliphatic rings. The summed E-state index contributed by atoms with van der Waals surface area (Å²) in [5.74, 6) is -0.110. The van der Waals surface area contributed by atoms with Crippen LogP contribution in [0.25, 0.3) is 0 Å². The van der Waals surface area contributed by atoms with E-state index >= 15 is 0 Å². The minimum Gasteiger partial charge on any atom is -0.325 e. The summed E-state index contributed by atoms with van der Waals surface area (Å²) >= 11 is 1.31.